The van der Waals surface area contributed by atoms with Crippen LogP contribution in [-0.2, 0) is 11.3 Å². The molecule has 31 heavy (non-hydrogen) atoms. The molecule has 0 fully saturated rings. The summed E-state index contributed by atoms with van der Waals surface area (Å²) in [7, 11) is 0. The average molecular weight is 457 g/mol. The van der Waals surface area contributed by atoms with Crippen LogP contribution in [0.25, 0.3) is 10.9 Å². The van der Waals surface area contributed by atoms with Crippen LogP contribution in [0.2, 0.25) is 5.02 Å². The van der Waals surface area contributed by atoms with Gasteiger partial charge in [0.05, 0.1) is 16.7 Å². The van der Waals surface area contributed by atoms with Crippen LogP contribution in [0.3, 0.4) is 0 Å². The van der Waals surface area contributed by atoms with E-state index >= 15 is 0 Å². The quantitative estimate of drug-likeness (QED) is 0.284. The maximum atomic E-state index is 12.8. The van der Waals surface area contributed by atoms with Crippen molar-refractivity contribution in [3.05, 3.63) is 70.5 Å². The number of rotatable bonds is 9. The van der Waals surface area contributed by atoms with Gasteiger partial charge in [0, 0.05) is 36.0 Å². The van der Waals surface area contributed by atoms with Gasteiger partial charge in [0.1, 0.15) is 0 Å². The molecule has 6 nitrogen and oxygen atoms in total. The highest BCUT2D eigenvalue weighted by Crippen LogP contribution is 2.22. The zero-order chi connectivity index (χ0) is 22.4. The van der Waals surface area contributed by atoms with Crippen LogP contribution < -0.4 is 15.8 Å². The number of aromatic nitrogens is 2. The smallest absolute Gasteiger partial charge is 0.262 e. The molecule has 0 aliphatic carbocycles. The molecule has 0 radical (unpaired) electrons. The molecule has 0 aliphatic heterocycles. The van der Waals surface area contributed by atoms with Crippen LogP contribution in [0.5, 0.6) is 0 Å². The SMILES string of the molecule is C=CCn1c(SCC(=O)Nc2ccc(N(CC)CC)cc2)nc2cc(Cl)ccc2c1=O. The Morgan fingerprint density at radius 1 is 1.23 bits per heavy atom. The van der Waals surface area contributed by atoms with E-state index in [0.29, 0.717) is 27.6 Å². The van der Waals surface area contributed by atoms with Gasteiger partial charge in [-0.05, 0) is 56.3 Å². The number of nitrogens with one attached hydrogen (secondary N) is 1. The maximum absolute atomic E-state index is 12.8. The van der Waals surface area contributed by atoms with Gasteiger partial charge in [0.25, 0.3) is 5.56 Å². The summed E-state index contributed by atoms with van der Waals surface area (Å²) in [5.74, 6) is -0.0563. The van der Waals surface area contributed by atoms with Gasteiger partial charge in [-0.2, -0.15) is 0 Å². The van der Waals surface area contributed by atoms with Crippen molar-refractivity contribution in [2.75, 3.05) is 29.1 Å². The second kappa shape index (κ2) is 10.5. The van der Waals surface area contributed by atoms with Crippen molar-refractivity contribution in [3.63, 3.8) is 0 Å². The number of thioether (sulfide) groups is 1. The van der Waals surface area contributed by atoms with Crippen molar-refractivity contribution in [3.8, 4) is 0 Å². The summed E-state index contributed by atoms with van der Waals surface area (Å²) < 4.78 is 1.51. The number of hydrogen-bond donors (Lipinski definition) is 1. The molecule has 0 aliphatic rings. The van der Waals surface area contributed by atoms with Crippen molar-refractivity contribution in [2.24, 2.45) is 0 Å². The van der Waals surface area contributed by atoms with E-state index in [1.54, 1.807) is 24.3 Å². The minimum Gasteiger partial charge on any atom is -0.372 e. The molecule has 0 saturated carbocycles. The molecule has 0 atom stereocenters. The Morgan fingerprint density at radius 3 is 2.58 bits per heavy atom. The maximum Gasteiger partial charge on any atom is 0.262 e. The van der Waals surface area contributed by atoms with Crippen molar-refractivity contribution in [2.45, 2.75) is 25.5 Å². The second-order valence-corrected chi connectivity index (χ2v) is 8.20. The normalized spacial score (nSPS) is 10.8. The standard InChI is InChI=1S/C23H25ClN4O2S/c1-4-13-28-22(30)19-12-7-16(24)14-20(19)26-23(28)31-15-21(29)25-17-8-10-18(11-9-17)27(5-2)6-3/h4,7-12,14H,1,5-6,13,15H2,2-3H3,(H,25,29). The number of carbonyl (C=O) groups excluding carboxylic acids is 1. The lowest BCUT2D eigenvalue weighted by Crippen LogP contribution is -2.24. The first-order valence-corrected chi connectivity index (χ1v) is 11.4. The Morgan fingerprint density at radius 2 is 1.94 bits per heavy atom. The highest BCUT2D eigenvalue weighted by molar-refractivity contribution is 7.99. The molecule has 1 heterocycles. The van der Waals surface area contributed by atoms with Gasteiger partial charge in [-0.3, -0.25) is 14.2 Å². The van der Waals surface area contributed by atoms with Crippen molar-refractivity contribution < 1.29 is 4.79 Å². The summed E-state index contributed by atoms with van der Waals surface area (Å²) in [4.78, 5) is 32.1. The van der Waals surface area contributed by atoms with Gasteiger partial charge in [-0.1, -0.05) is 29.4 Å². The number of allylic oxidation sites excluding steroid dienone is 1. The Balaban J connectivity index is 1.74. The van der Waals surface area contributed by atoms with Crippen molar-refractivity contribution >= 4 is 51.5 Å². The molecule has 3 rings (SSSR count). The number of carbonyl (C=O) groups is 1. The predicted octanol–water partition coefficient (Wildman–Crippen LogP) is 4.81. The molecule has 0 spiro atoms. The van der Waals surface area contributed by atoms with E-state index in [1.807, 2.05) is 24.3 Å². The summed E-state index contributed by atoms with van der Waals surface area (Å²) in [5.41, 5.74) is 2.16. The third-order valence-electron chi connectivity index (χ3n) is 4.81. The lowest BCUT2D eigenvalue weighted by atomic mass is 10.2. The third kappa shape index (κ3) is 5.48. The molecule has 0 bridgehead atoms. The summed E-state index contributed by atoms with van der Waals surface area (Å²) >= 11 is 7.26. The van der Waals surface area contributed by atoms with Gasteiger partial charge in [0.2, 0.25) is 5.91 Å². The fraction of sp³-hybridized carbons (Fsp3) is 0.261. The molecule has 2 aromatic carbocycles. The van der Waals surface area contributed by atoms with E-state index in [1.165, 1.54) is 16.3 Å². The molecular weight excluding hydrogens is 432 g/mol. The highest BCUT2D eigenvalue weighted by atomic mass is 35.5. The Kier molecular flexibility index (Phi) is 7.76. The molecule has 1 aromatic heterocycles. The van der Waals surface area contributed by atoms with Gasteiger partial charge in [0.15, 0.2) is 5.16 Å². The van der Waals surface area contributed by atoms with E-state index in [-0.39, 0.29) is 17.2 Å². The molecule has 0 saturated heterocycles. The monoisotopic (exact) mass is 456 g/mol. The van der Waals surface area contributed by atoms with Crippen molar-refractivity contribution in [1.29, 1.82) is 0 Å². The fourth-order valence-electron chi connectivity index (χ4n) is 3.25. The zero-order valence-corrected chi connectivity index (χ0v) is 19.2. The number of anilines is 2. The predicted molar refractivity (Wildman–Crippen MR) is 131 cm³/mol. The number of hydrogen-bond acceptors (Lipinski definition) is 5. The minimum absolute atomic E-state index is 0.119. The van der Waals surface area contributed by atoms with Gasteiger partial charge < -0.3 is 10.2 Å². The number of halogens is 1. The summed E-state index contributed by atoms with van der Waals surface area (Å²) in [6.45, 7) is 10.1. The average Bonchev–Trinajstić information content (AvgIpc) is 2.76. The first kappa shape index (κ1) is 22.9. The first-order valence-electron chi connectivity index (χ1n) is 10.1. The molecule has 3 aromatic rings. The summed E-state index contributed by atoms with van der Waals surface area (Å²) in [5, 5.41) is 4.33. The molecule has 1 amide bonds. The largest absolute Gasteiger partial charge is 0.372 e. The zero-order valence-electron chi connectivity index (χ0n) is 17.6. The Hall–Kier alpha value is -2.77. The number of fused-ring (bicyclic) bond motifs is 1. The van der Waals surface area contributed by atoms with Crippen LogP contribution in [0.15, 0.2) is 65.1 Å². The number of benzene rings is 2. The van der Waals surface area contributed by atoms with E-state index in [0.717, 1.165) is 24.5 Å². The fourth-order valence-corrected chi connectivity index (χ4v) is 4.22. The lowest BCUT2D eigenvalue weighted by Gasteiger charge is -2.21. The molecule has 162 valence electrons. The number of nitrogens with zero attached hydrogens (tertiary/aromatic N) is 3. The first-order chi connectivity index (χ1) is 15.0. The molecular formula is C23H25ClN4O2S. The van der Waals surface area contributed by atoms with Crippen molar-refractivity contribution in [1.82, 2.24) is 9.55 Å². The summed E-state index contributed by atoms with van der Waals surface area (Å²) in [6.07, 6.45) is 1.63. The Labute approximate surface area is 190 Å². The molecule has 0 unspecified atom stereocenters. The lowest BCUT2D eigenvalue weighted by molar-refractivity contribution is -0.113. The third-order valence-corrected chi connectivity index (χ3v) is 6.02. The van der Waals surface area contributed by atoms with E-state index in [9.17, 15) is 9.59 Å². The van der Waals surface area contributed by atoms with Crippen LogP contribution in [0.1, 0.15) is 13.8 Å². The van der Waals surface area contributed by atoms with Crippen LogP contribution in [-0.4, -0.2) is 34.3 Å². The van der Waals surface area contributed by atoms with Gasteiger partial charge in [-0.15, -0.1) is 6.58 Å². The van der Waals surface area contributed by atoms with E-state index in [2.05, 4.69) is 35.6 Å². The van der Waals surface area contributed by atoms with Gasteiger partial charge >= 0.3 is 0 Å². The number of amides is 1. The second-order valence-electron chi connectivity index (χ2n) is 6.82. The minimum atomic E-state index is -0.184. The highest BCUT2D eigenvalue weighted by Gasteiger charge is 2.13. The van der Waals surface area contributed by atoms with E-state index in [4.69, 9.17) is 11.6 Å². The topological polar surface area (TPSA) is 67.2 Å². The van der Waals surface area contributed by atoms with Crippen LogP contribution in [0, 0.1) is 0 Å². The molecule has 1 N–H and O–H groups in total. The summed E-state index contributed by atoms with van der Waals surface area (Å²) in [6, 6.07) is 12.7. The van der Waals surface area contributed by atoms with E-state index < -0.39 is 0 Å². The van der Waals surface area contributed by atoms with Crippen LogP contribution in [0.4, 0.5) is 11.4 Å². The molecule has 8 heteroatoms. The van der Waals surface area contributed by atoms with Gasteiger partial charge in [-0.25, -0.2) is 4.98 Å². The van der Waals surface area contributed by atoms with Crippen LogP contribution >= 0.6 is 23.4 Å². The Bertz CT molecular complexity index is 1140.